The SMILES string of the molecule is N[C@H](CCC(=O)O)C(=O)[O-].[K+]. The van der Waals surface area contributed by atoms with E-state index in [1.165, 1.54) is 0 Å². The first kappa shape index (κ1) is 14.1. The Hall–Kier alpha value is 0.536. The zero-order valence-corrected chi connectivity index (χ0v) is 9.36. The molecular weight excluding hydrogens is 177 g/mol. The Morgan fingerprint density at radius 2 is 2.00 bits per heavy atom. The van der Waals surface area contributed by atoms with Crippen molar-refractivity contribution < 1.29 is 71.2 Å². The molecule has 0 spiro atoms. The summed E-state index contributed by atoms with van der Waals surface area (Å²) in [4.78, 5) is 19.7. The number of carboxylic acid groups (broad SMARTS) is 2. The number of aliphatic carboxylic acids is 2. The van der Waals surface area contributed by atoms with Crippen LogP contribution < -0.4 is 62.2 Å². The predicted molar refractivity (Wildman–Crippen MR) is 29.9 cm³/mol. The van der Waals surface area contributed by atoms with Gasteiger partial charge in [-0.1, -0.05) is 0 Å². The number of hydrogen-bond acceptors (Lipinski definition) is 4. The van der Waals surface area contributed by atoms with Gasteiger partial charge in [-0.2, -0.15) is 0 Å². The van der Waals surface area contributed by atoms with Crippen LogP contribution in [-0.4, -0.2) is 23.1 Å². The van der Waals surface area contributed by atoms with Crippen molar-refractivity contribution in [3.63, 3.8) is 0 Å². The minimum absolute atomic E-state index is 0. The molecule has 0 bridgehead atoms. The van der Waals surface area contributed by atoms with E-state index in [0.29, 0.717) is 0 Å². The van der Waals surface area contributed by atoms with Crippen LogP contribution in [0, 0.1) is 0 Å². The number of carboxylic acids is 2. The summed E-state index contributed by atoms with van der Waals surface area (Å²) in [7, 11) is 0. The minimum atomic E-state index is -1.42. The maximum Gasteiger partial charge on any atom is 1.00 e. The third-order valence-electron chi connectivity index (χ3n) is 0.972. The Morgan fingerprint density at radius 3 is 2.27 bits per heavy atom. The van der Waals surface area contributed by atoms with E-state index >= 15 is 0 Å². The zero-order valence-electron chi connectivity index (χ0n) is 6.24. The molecule has 1 atom stereocenters. The van der Waals surface area contributed by atoms with Crippen molar-refractivity contribution in [1.29, 1.82) is 0 Å². The summed E-state index contributed by atoms with van der Waals surface area (Å²) in [5.74, 6) is -2.47. The average molecular weight is 185 g/mol. The van der Waals surface area contributed by atoms with Crippen LogP contribution in [0.25, 0.3) is 0 Å². The summed E-state index contributed by atoms with van der Waals surface area (Å²) in [6.07, 6.45) is -0.327. The van der Waals surface area contributed by atoms with Crippen LogP contribution in [0.2, 0.25) is 0 Å². The first-order chi connectivity index (χ1) is 4.54. The molecule has 0 rings (SSSR count). The molecule has 0 aromatic heterocycles. The van der Waals surface area contributed by atoms with Gasteiger partial charge in [0.15, 0.2) is 0 Å². The standard InChI is InChI=1S/C5H9NO4.K/c6-3(5(9)10)1-2-4(7)8;/h3H,1-2,6H2,(H,7,8)(H,9,10);/q;+1/p-1/t3-;/m1./s1. The average Bonchev–Trinajstić information content (AvgIpc) is 1.82. The number of nitrogens with two attached hydrogens (primary N) is 1. The second-order valence-corrected chi connectivity index (χ2v) is 1.86. The van der Waals surface area contributed by atoms with Crippen molar-refractivity contribution >= 4 is 11.9 Å². The fourth-order valence-corrected chi connectivity index (χ4v) is 0.397. The van der Waals surface area contributed by atoms with Crippen LogP contribution in [0.5, 0.6) is 0 Å². The van der Waals surface area contributed by atoms with E-state index in [9.17, 15) is 14.7 Å². The van der Waals surface area contributed by atoms with Gasteiger partial charge in [0.25, 0.3) is 0 Å². The summed E-state index contributed by atoms with van der Waals surface area (Å²) >= 11 is 0. The molecule has 0 fully saturated rings. The van der Waals surface area contributed by atoms with Crippen LogP contribution in [0.4, 0.5) is 0 Å². The van der Waals surface area contributed by atoms with Gasteiger partial charge in [-0.3, -0.25) is 4.79 Å². The van der Waals surface area contributed by atoms with Gasteiger partial charge in [-0.15, -0.1) is 0 Å². The van der Waals surface area contributed by atoms with Gasteiger partial charge in [0.1, 0.15) is 0 Å². The summed E-state index contributed by atoms with van der Waals surface area (Å²) in [6.45, 7) is 0. The van der Waals surface area contributed by atoms with Crippen molar-refractivity contribution in [3.05, 3.63) is 0 Å². The van der Waals surface area contributed by atoms with Crippen LogP contribution in [-0.2, 0) is 9.59 Å². The van der Waals surface area contributed by atoms with Crippen LogP contribution >= 0.6 is 0 Å². The molecule has 58 valence electrons. The quantitative estimate of drug-likeness (QED) is 0.426. The van der Waals surface area contributed by atoms with Gasteiger partial charge >= 0.3 is 57.4 Å². The summed E-state index contributed by atoms with van der Waals surface area (Å²) in [6, 6.07) is -1.17. The van der Waals surface area contributed by atoms with Gasteiger partial charge in [0.2, 0.25) is 0 Å². The van der Waals surface area contributed by atoms with Crippen LogP contribution in [0.3, 0.4) is 0 Å². The minimum Gasteiger partial charge on any atom is -0.548 e. The summed E-state index contributed by atoms with van der Waals surface area (Å²) in [5, 5.41) is 18.0. The molecule has 0 radical (unpaired) electrons. The van der Waals surface area contributed by atoms with Crippen molar-refractivity contribution in [3.8, 4) is 0 Å². The second kappa shape index (κ2) is 7.20. The third-order valence-corrected chi connectivity index (χ3v) is 0.972. The maximum absolute atomic E-state index is 9.88. The second-order valence-electron chi connectivity index (χ2n) is 1.86. The van der Waals surface area contributed by atoms with E-state index in [4.69, 9.17) is 10.8 Å². The largest absolute Gasteiger partial charge is 1.00 e. The first-order valence-electron chi connectivity index (χ1n) is 2.72. The summed E-state index contributed by atoms with van der Waals surface area (Å²) in [5.41, 5.74) is 4.94. The van der Waals surface area contributed by atoms with Crippen molar-refractivity contribution in [2.24, 2.45) is 5.73 Å². The molecule has 3 N–H and O–H groups in total. The van der Waals surface area contributed by atoms with Crippen molar-refractivity contribution in [2.75, 3.05) is 0 Å². The van der Waals surface area contributed by atoms with Gasteiger partial charge in [-0.25, -0.2) is 0 Å². The smallest absolute Gasteiger partial charge is 0.548 e. The number of rotatable bonds is 4. The molecule has 0 aliphatic heterocycles. The van der Waals surface area contributed by atoms with E-state index in [-0.39, 0.29) is 64.2 Å². The fraction of sp³-hybridized carbons (Fsp3) is 0.600. The van der Waals surface area contributed by atoms with E-state index in [1.807, 2.05) is 0 Å². The Morgan fingerprint density at radius 1 is 1.55 bits per heavy atom. The van der Waals surface area contributed by atoms with Gasteiger partial charge in [0, 0.05) is 12.5 Å². The number of carbonyl (C=O) groups is 2. The molecule has 0 aromatic carbocycles. The normalized spacial score (nSPS) is 11.4. The number of hydrogen-bond donors (Lipinski definition) is 2. The topological polar surface area (TPSA) is 103 Å². The Labute approximate surface area is 106 Å². The molecule has 0 aromatic rings. The van der Waals surface area contributed by atoms with E-state index < -0.39 is 18.0 Å². The molecule has 0 amide bonds. The van der Waals surface area contributed by atoms with Crippen molar-refractivity contribution in [2.45, 2.75) is 18.9 Å². The molecule has 5 nitrogen and oxygen atoms in total. The monoisotopic (exact) mass is 185 g/mol. The fourth-order valence-electron chi connectivity index (χ4n) is 0.397. The third kappa shape index (κ3) is 8.44. The van der Waals surface area contributed by atoms with E-state index in [0.717, 1.165) is 0 Å². The van der Waals surface area contributed by atoms with Gasteiger partial charge < -0.3 is 20.7 Å². The van der Waals surface area contributed by atoms with E-state index in [1.54, 1.807) is 0 Å². The Kier molecular flexibility index (Phi) is 9.22. The molecular formula is C5H8KNO4. The molecule has 6 heteroatoms. The first-order valence-corrected chi connectivity index (χ1v) is 2.72. The van der Waals surface area contributed by atoms with Gasteiger partial charge in [0.05, 0.1) is 5.97 Å². The van der Waals surface area contributed by atoms with Crippen LogP contribution in [0.1, 0.15) is 12.8 Å². The molecule has 0 saturated heterocycles. The zero-order chi connectivity index (χ0) is 8.15. The number of carbonyl (C=O) groups excluding carboxylic acids is 1. The Bertz CT molecular complexity index is 149. The van der Waals surface area contributed by atoms with Crippen molar-refractivity contribution in [1.82, 2.24) is 0 Å². The molecule has 0 aliphatic carbocycles. The van der Waals surface area contributed by atoms with E-state index in [2.05, 4.69) is 0 Å². The Balaban J connectivity index is 0. The molecule has 11 heavy (non-hydrogen) atoms. The maximum atomic E-state index is 9.88. The van der Waals surface area contributed by atoms with Gasteiger partial charge in [-0.05, 0) is 6.42 Å². The predicted octanol–water partition coefficient (Wildman–Crippen LogP) is -5.07. The van der Waals surface area contributed by atoms with Crippen LogP contribution in [0.15, 0.2) is 0 Å². The summed E-state index contributed by atoms with van der Waals surface area (Å²) < 4.78 is 0. The molecule has 0 unspecified atom stereocenters. The molecule has 0 aliphatic rings. The molecule has 0 heterocycles. The molecule has 0 saturated carbocycles.